The fourth-order valence-electron chi connectivity index (χ4n) is 1.99. The predicted octanol–water partition coefficient (Wildman–Crippen LogP) is 6.16. The lowest BCUT2D eigenvalue weighted by Crippen LogP contribution is -2.08. The van der Waals surface area contributed by atoms with E-state index in [-0.39, 0.29) is 6.04 Å². The van der Waals surface area contributed by atoms with Gasteiger partial charge in [0.05, 0.1) is 11.7 Å². The molecule has 0 radical (unpaired) electrons. The van der Waals surface area contributed by atoms with Gasteiger partial charge in [-0.3, -0.25) is 0 Å². The molecular formula is C15H14Br3NO. The van der Waals surface area contributed by atoms with Gasteiger partial charge >= 0.3 is 0 Å². The number of halogens is 3. The lowest BCUT2D eigenvalue weighted by Gasteiger charge is -2.19. The van der Waals surface area contributed by atoms with E-state index in [1.54, 1.807) is 6.07 Å². The van der Waals surface area contributed by atoms with Gasteiger partial charge in [0.2, 0.25) is 0 Å². The number of hydrogen-bond donors (Lipinski definition) is 2. The zero-order chi connectivity index (χ0) is 14.9. The molecule has 0 aliphatic carbocycles. The third kappa shape index (κ3) is 3.57. The molecule has 2 aromatic carbocycles. The van der Waals surface area contributed by atoms with Crippen molar-refractivity contribution in [1.82, 2.24) is 0 Å². The van der Waals surface area contributed by atoms with Crippen molar-refractivity contribution in [3.63, 3.8) is 0 Å². The Morgan fingerprint density at radius 2 is 1.65 bits per heavy atom. The Balaban J connectivity index is 2.30. The monoisotopic (exact) mass is 461 g/mol. The number of phenolic OH excluding ortho intramolecular Hbond substituents is 1. The third-order valence-corrected chi connectivity index (χ3v) is 4.73. The first-order chi connectivity index (χ1) is 9.38. The van der Waals surface area contributed by atoms with E-state index in [1.807, 2.05) is 38.1 Å². The summed E-state index contributed by atoms with van der Waals surface area (Å²) in [6.07, 6.45) is 0. The molecule has 106 valence electrons. The van der Waals surface area contributed by atoms with Gasteiger partial charge in [0, 0.05) is 19.0 Å². The van der Waals surface area contributed by atoms with Crippen LogP contribution in [0.5, 0.6) is 5.75 Å². The highest BCUT2D eigenvalue weighted by atomic mass is 79.9. The second-order valence-corrected chi connectivity index (χ2v) is 7.30. The minimum absolute atomic E-state index is 0.00984. The molecule has 1 atom stereocenters. The van der Waals surface area contributed by atoms with Crippen LogP contribution in [0.15, 0.2) is 43.7 Å². The summed E-state index contributed by atoms with van der Waals surface area (Å²) in [5.41, 5.74) is 2.88. The highest BCUT2D eigenvalue weighted by molar-refractivity contribution is 9.11. The van der Waals surface area contributed by atoms with E-state index in [0.717, 1.165) is 30.2 Å². The number of aryl methyl sites for hydroxylation is 1. The molecule has 0 saturated heterocycles. The lowest BCUT2D eigenvalue weighted by atomic mass is 10.0. The Morgan fingerprint density at radius 1 is 1.05 bits per heavy atom. The molecule has 0 aromatic heterocycles. The van der Waals surface area contributed by atoms with Crippen LogP contribution in [0.2, 0.25) is 0 Å². The first-order valence-corrected chi connectivity index (χ1v) is 8.47. The molecule has 2 N–H and O–H groups in total. The van der Waals surface area contributed by atoms with Gasteiger partial charge in [0.25, 0.3) is 0 Å². The van der Waals surface area contributed by atoms with Crippen LogP contribution >= 0.6 is 47.8 Å². The molecule has 1 unspecified atom stereocenters. The fraction of sp³-hybridized carbons (Fsp3) is 0.200. The SMILES string of the molecule is Cc1ccc(C(C)Nc2c(Br)cc(Br)cc2Br)c(O)c1. The highest BCUT2D eigenvalue weighted by Gasteiger charge is 2.14. The summed E-state index contributed by atoms with van der Waals surface area (Å²) in [5.74, 6) is 0.314. The lowest BCUT2D eigenvalue weighted by molar-refractivity contribution is 0.465. The van der Waals surface area contributed by atoms with Crippen LogP contribution < -0.4 is 5.32 Å². The largest absolute Gasteiger partial charge is 0.508 e. The van der Waals surface area contributed by atoms with Crippen LogP contribution in [0.3, 0.4) is 0 Å². The van der Waals surface area contributed by atoms with Crippen molar-refractivity contribution in [3.05, 3.63) is 54.9 Å². The molecule has 2 rings (SSSR count). The van der Waals surface area contributed by atoms with Crippen molar-refractivity contribution in [3.8, 4) is 5.75 Å². The Morgan fingerprint density at radius 3 is 2.20 bits per heavy atom. The molecule has 0 spiro atoms. The molecule has 0 bridgehead atoms. The van der Waals surface area contributed by atoms with Crippen molar-refractivity contribution >= 4 is 53.5 Å². The fourth-order valence-corrected chi connectivity index (χ4v) is 4.48. The highest BCUT2D eigenvalue weighted by Crippen LogP contribution is 2.37. The summed E-state index contributed by atoms with van der Waals surface area (Å²) in [7, 11) is 0. The third-order valence-electron chi connectivity index (χ3n) is 3.02. The Bertz CT molecular complexity index is 620. The maximum atomic E-state index is 10.1. The maximum absolute atomic E-state index is 10.1. The van der Waals surface area contributed by atoms with Gasteiger partial charge in [-0.1, -0.05) is 28.1 Å². The quantitative estimate of drug-likeness (QED) is 0.571. The van der Waals surface area contributed by atoms with E-state index < -0.39 is 0 Å². The summed E-state index contributed by atoms with van der Waals surface area (Å²) < 4.78 is 2.90. The number of hydrogen-bond acceptors (Lipinski definition) is 2. The Labute approximate surface area is 144 Å². The minimum Gasteiger partial charge on any atom is -0.508 e. The van der Waals surface area contributed by atoms with Crippen molar-refractivity contribution in [1.29, 1.82) is 0 Å². The van der Waals surface area contributed by atoms with E-state index in [2.05, 4.69) is 53.1 Å². The molecule has 0 heterocycles. The molecule has 5 heteroatoms. The summed E-state index contributed by atoms with van der Waals surface area (Å²) in [6.45, 7) is 3.98. The van der Waals surface area contributed by atoms with E-state index in [4.69, 9.17) is 0 Å². The van der Waals surface area contributed by atoms with Crippen molar-refractivity contribution in [2.24, 2.45) is 0 Å². The van der Waals surface area contributed by atoms with Crippen LogP contribution in [0.25, 0.3) is 0 Å². The second kappa shape index (κ2) is 6.50. The summed E-state index contributed by atoms with van der Waals surface area (Å²) >= 11 is 10.5. The number of anilines is 1. The van der Waals surface area contributed by atoms with Gasteiger partial charge in [-0.2, -0.15) is 0 Å². The van der Waals surface area contributed by atoms with Gasteiger partial charge in [-0.15, -0.1) is 0 Å². The summed E-state index contributed by atoms with van der Waals surface area (Å²) in [6, 6.07) is 9.68. The number of nitrogens with one attached hydrogen (secondary N) is 1. The molecule has 2 aromatic rings. The zero-order valence-electron chi connectivity index (χ0n) is 11.0. The maximum Gasteiger partial charge on any atom is 0.121 e. The summed E-state index contributed by atoms with van der Waals surface area (Å²) in [5, 5.41) is 13.5. The first-order valence-electron chi connectivity index (χ1n) is 6.09. The van der Waals surface area contributed by atoms with Gasteiger partial charge in [0.1, 0.15) is 5.75 Å². The number of benzene rings is 2. The van der Waals surface area contributed by atoms with E-state index in [0.29, 0.717) is 5.75 Å². The number of rotatable bonds is 3. The normalized spacial score (nSPS) is 12.2. The van der Waals surface area contributed by atoms with E-state index in [1.165, 1.54) is 0 Å². The minimum atomic E-state index is -0.00984. The van der Waals surface area contributed by atoms with Crippen LogP contribution in [0, 0.1) is 6.92 Å². The average molecular weight is 464 g/mol. The first kappa shape index (κ1) is 15.9. The van der Waals surface area contributed by atoms with Crippen LogP contribution in [0.1, 0.15) is 24.1 Å². The average Bonchev–Trinajstić information content (AvgIpc) is 2.33. The van der Waals surface area contributed by atoms with Gasteiger partial charge < -0.3 is 10.4 Å². The predicted molar refractivity (Wildman–Crippen MR) is 94.4 cm³/mol. The van der Waals surface area contributed by atoms with Gasteiger partial charge in [-0.05, 0) is 69.5 Å². The molecule has 2 nitrogen and oxygen atoms in total. The van der Waals surface area contributed by atoms with Crippen LogP contribution in [-0.2, 0) is 0 Å². The van der Waals surface area contributed by atoms with Crippen LogP contribution in [-0.4, -0.2) is 5.11 Å². The molecule has 20 heavy (non-hydrogen) atoms. The molecular weight excluding hydrogens is 450 g/mol. The molecule has 0 fully saturated rings. The molecule has 0 aliphatic heterocycles. The van der Waals surface area contributed by atoms with Gasteiger partial charge in [0.15, 0.2) is 0 Å². The molecule has 0 saturated carbocycles. The summed E-state index contributed by atoms with van der Waals surface area (Å²) in [4.78, 5) is 0. The zero-order valence-corrected chi connectivity index (χ0v) is 15.8. The second-order valence-electron chi connectivity index (χ2n) is 4.67. The van der Waals surface area contributed by atoms with Crippen LogP contribution in [0.4, 0.5) is 5.69 Å². The van der Waals surface area contributed by atoms with E-state index >= 15 is 0 Å². The van der Waals surface area contributed by atoms with Crippen molar-refractivity contribution < 1.29 is 5.11 Å². The molecule has 0 amide bonds. The smallest absolute Gasteiger partial charge is 0.121 e. The molecule has 0 aliphatic rings. The topological polar surface area (TPSA) is 32.3 Å². The van der Waals surface area contributed by atoms with Gasteiger partial charge in [-0.25, -0.2) is 0 Å². The Hall–Kier alpha value is -0.520. The van der Waals surface area contributed by atoms with Crippen molar-refractivity contribution in [2.75, 3.05) is 5.32 Å². The standard InChI is InChI=1S/C15H14Br3NO/c1-8-3-4-11(14(20)5-8)9(2)19-15-12(17)6-10(16)7-13(15)18/h3-7,9,19-20H,1-2H3. The number of phenols is 1. The van der Waals surface area contributed by atoms with E-state index in [9.17, 15) is 5.11 Å². The number of aromatic hydroxyl groups is 1. The Kier molecular flexibility index (Phi) is 5.15. The van der Waals surface area contributed by atoms with Crippen molar-refractivity contribution in [2.45, 2.75) is 19.9 Å².